The summed E-state index contributed by atoms with van der Waals surface area (Å²) in [6.45, 7) is 4.59. The second-order valence-corrected chi connectivity index (χ2v) is 5.21. The van der Waals surface area contributed by atoms with Crippen LogP contribution in [0.3, 0.4) is 0 Å². The molecule has 1 aromatic carbocycles. The molecule has 2 heterocycles. The predicted octanol–water partition coefficient (Wildman–Crippen LogP) is 2.11. The van der Waals surface area contributed by atoms with Crippen molar-refractivity contribution in [2.75, 3.05) is 13.2 Å². The molecule has 5 nitrogen and oxygen atoms in total. The Morgan fingerprint density at radius 2 is 1.95 bits per heavy atom. The van der Waals surface area contributed by atoms with E-state index >= 15 is 0 Å². The molecule has 1 fully saturated rings. The highest BCUT2D eigenvalue weighted by atomic mass is 16.7. The zero-order chi connectivity index (χ0) is 14.3. The number of hydrogen-bond donors (Lipinski definition) is 1. The topological polar surface area (TPSA) is 68.9 Å². The van der Waals surface area contributed by atoms with E-state index in [1.54, 1.807) is 13.0 Å². The Balaban J connectivity index is 2.17. The molecule has 0 unspecified atom stereocenters. The van der Waals surface area contributed by atoms with Crippen LogP contribution in [0, 0.1) is 6.92 Å². The van der Waals surface area contributed by atoms with Gasteiger partial charge in [-0.05, 0) is 25.5 Å². The average molecular weight is 276 g/mol. The zero-order valence-electron chi connectivity index (χ0n) is 11.4. The van der Waals surface area contributed by atoms with Gasteiger partial charge < -0.3 is 19.0 Å². The van der Waals surface area contributed by atoms with Crippen molar-refractivity contribution in [2.45, 2.75) is 26.1 Å². The summed E-state index contributed by atoms with van der Waals surface area (Å²) in [5.41, 5.74) is 0.921. The van der Waals surface area contributed by atoms with Gasteiger partial charge in [-0.25, -0.2) is 0 Å². The van der Waals surface area contributed by atoms with Gasteiger partial charge in [-0.3, -0.25) is 4.79 Å². The molecule has 5 heteroatoms. The molecule has 106 valence electrons. The monoisotopic (exact) mass is 276 g/mol. The normalized spacial score (nSPS) is 17.7. The van der Waals surface area contributed by atoms with Crippen molar-refractivity contribution < 1.29 is 19.0 Å². The van der Waals surface area contributed by atoms with Crippen LogP contribution in [0.5, 0.6) is 5.75 Å². The fourth-order valence-corrected chi connectivity index (χ4v) is 2.62. The fraction of sp³-hybridized carbons (Fsp3) is 0.400. The summed E-state index contributed by atoms with van der Waals surface area (Å²) in [6.07, 6.45) is 0.381. The van der Waals surface area contributed by atoms with Crippen LogP contribution in [0.25, 0.3) is 11.0 Å². The maximum Gasteiger partial charge on any atom is 0.193 e. The van der Waals surface area contributed by atoms with Crippen molar-refractivity contribution in [2.24, 2.45) is 0 Å². The lowest BCUT2D eigenvalue weighted by atomic mass is 10.0. The maximum atomic E-state index is 12.2. The van der Waals surface area contributed by atoms with E-state index in [1.165, 1.54) is 12.1 Å². The minimum absolute atomic E-state index is 0.0582. The van der Waals surface area contributed by atoms with Crippen LogP contribution in [0.4, 0.5) is 0 Å². The summed E-state index contributed by atoms with van der Waals surface area (Å²) in [4.78, 5) is 12.2. The molecule has 20 heavy (non-hydrogen) atoms. The second kappa shape index (κ2) is 4.61. The SMILES string of the molecule is Cc1cc(=O)c2c(CC3(C)OCCO3)cc(O)cc2o1. The molecule has 1 N–H and O–H groups in total. The molecule has 1 aromatic heterocycles. The quantitative estimate of drug-likeness (QED) is 0.909. The molecule has 0 saturated carbocycles. The lowest BCUT2D eigenvalue weighted by Gasteiger charge is -2.22. The molecule has 1 aliphatic rings. The Kier molecular flexibility index (Phi) is 3.03. The van der Waals surface area contributed by atoms with Gasteiger partial charge in [-0.2, -0.15) is 0 Å². The van der Waals surface area contributed by atoms with Crippen LogP contribution in [0.2, 0.25) is 0 Å². The number of benzene rings is 1. The van der Waals surface area contributed by atoms with E-state index < -0.39 is 5.79 Å². The summed E-state index contributed by atoms with van der Waals surface area (Å²) in [5, 5.41) is 10.3. The Hall–Kier alpha value is -1.85. The molecule has 0 bridgehead atoms. The van der Waals surface area contributed by atoms with Crippen molar-refractivity contribution in [3.05, 3.63) is 39.7 Å². The number of ether oxygens (including phenoxy) is 2. The summed E-state index contributed by atoms with van der Waals surface area (Å²) in [7, 11) is 0. The summed E-state index contributed by atoms with van der Waals surface area (Å²) < 4.78 is 16.6. The lowest BCUT2D eigenvalue weighted by Crippen LogP contribution is -2.29. The van der Waals surface area contributed by atoms with E-state index in [0.29, 0.717) is 41.9 Å². The van der Waals surface area contributed by atoms with Crippen LogP contribution in [-0.4, -0.2) is 24.1 Å². The van der Waals surface area contributed by atoms with Gasteiger partial charge in [0.05, 0.1) is 18.6 Å². The van der Waals surface area contributed by atoms with Crippen LogP contribution in [-0.2, 0) is 15.9 Å². The molecule has 2 aromatic rings. The molecule has 0 aliphatic carbocycles. The van der Waals surface area contributed by atoms with Crippen LogP contribution in [0.1, 0.15) is 18.2 Å². The van der Waals surface area contributed by atoms with Crippen molar-refractivity contribution in [1.82, 2.24) is 0 Å². The van der Waals surface area contributed by atoms with Gasteiger partial charge in [-0.1, -0.05) is 0 Å². The van der Waals surface area contributed by atoms with Gasteiger partial charge in [0.15, 0.2) is 11.2 Å². The molecule has 0 spiro atoms. The number of aromatic hydroxyl groups is 1. The van der Waals surface area contributed by atoms with Gasteiger partial charge in [0.25, 0.3) is 0 Å². The van der Waals surface area contributed by atoms with E-state index in [-0.39, 0.29) is 11.2 Å². The van der Waals surface area contributed by atoms with Gasteiger partial charge in [0.2, 0.25) is 0 Å². The van der Waals surface area contributed by atoms with E-state index in [2.05, 4.69) is 0 Å². The number of phenolic OH excluding ortho intramolecular Hbond substituents is 1. The first-order valence-electron chi connectivity index (χ1n) is 6.51. The van der Waals surface area contributed by atoms with E-state index in [1.807, 2.05) is 6.92 Å². The lowest BCUT2D eigenvalue weighted by molar-refractivity contribution is -0.140. The third-order valence-electron chi connectivity index (χ3n) is 3.43. The molecular formula is C15H16O5. The highest BCUT2D eigenvalue weighted by Gasteiger charge is 2.32. The average Bonchev–Trinajstić information content (AvgIpc) is 2.73. The Morgan fingerprint density at radius 1 is 1.25 bits per heavy atom. The van der Waals surface area contributed by atoms with E-state index in [9.17, 15) is 9.90 Å². The molecule has 1 aliphatic heterocycles. The molecule has 0 atom stereocenters. The first kappa shape index (κ1) is 13.1. The zero-order valence-corrected chi connectivity index (χ0v) is 11.4. The largest absolute Gasteiger partial charge is 0.508 e. The molecule has 0 amide bonds. The summed E-state index contributed by atoms with van der Waals surface area (Å²) >= 11 is 0. The van der Waals surface area contributed by atoms with E-state index in [4.69, 9.17) is 13.9 Å². The van der Waals surface area contributed by atoms with Crippen molar-refractivity contribution in [3.63, 3.8) is 0 Å². The molecule has 0 radical (unpaired) electrons. The third-order valence-corrected chi connectivity index (χ3v) is 3.43. The minimum atomic E-state index is -0.766. The summed E-state index contributed by atoms with van der Waals surface area (Å²) in [5.74, 6) is -0.195. The third kappa shape index (κ3) is 2.30. The van der Waals surface area contributed by atoms with Crippen LogP contribution < -0.4 is 5.43 Å². The number of rotatable bonds is 2. The number of aryl methyl sites for hydroxylation is 1. The van der Waals surface area contributed by atoms with Crippen LogP contribution in [0.15, 0.2) is 27.4 Å². The first-order chi connectivity index (χ1) is 9.47. The maximum absolute atomic E-state index is 12.2. The standard InChI is InChI=1S/C15H16O5/c1-9-5-12(17)14-10(6-11(16)7-13(14)20-9)8-15(2)18-3-4-19-15/h5-7,16H,3-4,8H2,1-2H3. The Bertz CT molecular complexity index is 705. The molecular weight excluding hydrogens is 260 g/mol. The first-order valence-corrected chi connectivity index (χ1v) is 6.51. The Morgan fingerprint density at radius 3 is 2.65 bits per heavy atom. The van der Waals surface area contributed by atoms with Crippen molar-refractivity contribution in [1.29, 1.82) is 0 Å². The highest BCUT2D eigenvalue weighted by Crippen LogP contribution is 2.29. The number of fused-ring (bicyclic) bond motifs is 1. The molecule has 3 rings (SSSR count). The highest BCUT2D eigenvalue weighted by molar-refractivity contribution is 5.82. The van der Waals surface area contributed by atoms with Crippen molar-refractivity contribution >= 4 is 11.0 Å². The molecule has 1 saturated heterocycles. The van der Waals surface area contributed by atoms with Gasteiger partial charge in [-0.15, -0.1) is 0 Å². The number of hydrogen-bond acceptors (Lipinski definition) is 5. The summed E-state index contributed by atoms with van der Waals surface area (Å²) in [6, 6.07) is 4.46. The van der Waals surface area contributed by atoms with Crippen LogP contribution >= 0.6 is 0 Å². The van der Waals surface area contributed by atoms with Crippen molar-refractivity contribution in [3.8, 4) is 5.75 Å². The van der Waals surface area contributed by atoms with E-state index in [0.717, 1.165) is 0 Å². The fourth-order valence-electron chi connectivity index (χ4n) is 2.62. The second-order valence-electron chi connectivity index (χ2n) is 5.21. The van der Waals surface area contributed by atoms with Gasteiger partial charge >= 0.3 is 0 Å². The predicted molar refractivity (Wildman–Crippen MR) is 72.9 cm³/mol. The van der Waals surface area contributed by atoms with Gasteiger partial charge in [0.1, 0.15) is 17.1 Å². The smallest absolute Gasteiger partial charge is 0.193 e. The van der Waals surface area contributed by atoms with Gasteiger partial charge in [0, 0.05) is 18.6 Å². The minimum Gasteiger partial charge on any atom is -0.508 e. The Labute approximate surface area is 115 Å². The number of phenols is 1.